The summed E-state index contributed by atoms with van der Waals surface area (Å²) in [7, 11) is 1.74. The van der Waals surface area contributed by atoms with E-state index in [9.17, 15) is 4.39 Å². The van der Waals surface area contributed by atoms with Crippen LogP contribution in [0.15, 0.2) is 36.9 Å². The lowest BCUT2D eigenvalue weighted by atomic mass is 10.3. The number of anilines is 3. The maximum absolute atomic E-state index is 13.0. The van der Waals surface area contributed by atoms with E-state index in [0.29, 0.717) is 11.6 Å². The molecule has 0 saturated carbocycles. The number of benzene rings is 1. The molecule has 0 spiro atoms. The molecule has 0 aliphatic rings. The van der Waals surface area contributed by atoms with E-state index in [4.69, 9.17) is 5.73 Å². The van der Waals surface area contributed by atoms with E-state index in [1.165, 1.54) is 29.5 Å². The monoisotopic (exact) mass is 286 g/mol. The predicted octanol–water partition coefficient (Wildman–Crippen LogP) is 0.941. The summed E-state index contributed by atoms with van der Waals surface area (Å²) in [6.45, 7) is 0. The first-order chi connectivity index (χ1) is 10.1. The molecular weight excluding hydrogens is 275 g/mol. The van der Waals surface area contributed by atoms with E-state index < -0.39 is 0 Å². The van der Waals surface area contributed by atoms with Crippen LogP contribution in [0.3, 0.4) is 0 Å². The summed E-state index contributed by atoms with van der Waals surface area (Å²) in [4.78, 5) is 17.8. The third-order valence-electron chi connectivity index (χ3n) is 2.77. The molecule has 0 aliphatic carbocycles. The van der Waals surface area contributed by atoms with Crippen molar-refractivity contribution in [1.29, 1.82) is 0 Å². The first-order valence-electron chi connectivity index (χ1n) is 5.99. The van der Waals surface area contributed by atoms with E-state index in [1.54, 1.807) is 24.1 Å². The SMILES string of the molecule is CN(c1ccc(F)cc1)c1nc(N)nc(-n2cncn2)n1. The van der Waals surface area contributed by atoms with Crippen LogP contribution in [0.4, 0.5) is 22.0 Å². The molecule has 106 valence electrons. The Labute approximate surface area is 119 Å². The Hall–Kier alpha value is -3.10. The zero-order valence-electron chi connectivity index (χ0n) is 11.0. The second kappa shape index (κ2) is 5.12. The highest BCUT2D eigenvalue weighted by atomic mass is 19.1. The van der Waals surface area contributed by atoms with Crippen LogP contribution >= 0.6 is 0 Å². The van der Waals surface area contributed by atoms with E-state index >= 15 is 0 Å². The summed E-state index contributed by atoms with van der Waals surface area (Å²) >= 11 is 0. The van der Waals surface area contributed by atoms with Crippen LogP contribution in [0.5, 0.6) is 0 Å². The summed E-state index contributed by atoms with van der Waals surface area (Å²) in [6.07, 6.45) is 2.82. The van der Waals surface area contributed by atoms with Gasteiger partial charge >= 0.3 is 0 Å². The first kappa shape index (κ1) is 12.9. The Kier molecular flexibility index (Phi) is 3.14. The number of nitrogen functional groups attached to an aromatic ring is 1. The molecule has 9 heteroatoms. The van der Waals surface area contributed by atoms with E-state index in [1.807, 2.05) is 0 Å². The molecule has 3 rings (SSSR count). The number of hydrogen-bond acceptors (Lipinski definition) is 7. The third-order valence-corrected chi connectivity index (χ3v) is 2.77. The van der Waals surface area contributed by atoms with Crippen molar-refractivity contribution < 1.29 is 4.39 Å². The van der Waals surface area contributed by atoms with Crippen LogP contribution in [0, 0.1) is 5.82 Å². The minimum Gasteiger partial charge on any atom is -0.368 e. The fraction of sp³-hybridized carbons (Fsp3) is 0.0833. The Morgan fingerprint density at radius 3 is 2.57 bits per heavy atom. The molecule has 0 aliphatic heterocycles. The summed E-state index contributed by atoms with van der Waals surface area (Å²) in [5.74, 6) is 0.314. The van der Waals surface area contributed by atoms with Gasteiger partial charge in [-0.3, -0.25) is 0 Å². The standard InChI is InChI=1S/C12H11FN8/c1-20(9-4-2-8(13)3-5-9)11-17-10(14)18-12(19-11)21-7-15-6-16-21/h2-7H,1H3,(H2,14,17,18,19). The van der Waals surface area contributed by atoms with Crippen molar-refractivity contribution in [2.75, 3.05) is 17.7 Å². The van der Waals surface area contributed by atoms with Gasteiger partial charge < -0.3 is 10.6 Å². The molecule has 0 amide bonds. The highest BCUT2D eigenvalue weighted by Crippen LogP contribution is 2.21. The molecule has 0 bridgehead atoms. The quantitative estimate of drug-likeness (QED) is 0.765. The average molecular weight is 286 g/mol. The van der Waals surface area contributed by atoms with Crippen molar-refractivity contribution in [3.05, 3.63) is 42.7 Å². The van der Waals surface area contributed by atoms with Gasteiger partial charge in [0.1, 0.15) is 18.5 Å². The minimum atomic E-state index is -0.314. The zero-order chi connectivity index (χ0) is 14.8. The molecule has 0 fully saturated rings. The molecule has 1 aromatic carbocycles. The molecule has 2 heterocycles. The second-order valence-corrected chi connectivity index (χ2v) is 4.17. The van der Waals surface area contributed by atoms with Crippen LogP contribution in [-0.2, 0) is 0 Å². The van der Waals surface area contributed by atoms with E-state index in [-0.39, 0.29) is 17.7 Å². The highest BCUT2D eigenvalue weighted by Gasteiger charge is 2.12. The lowest BCUT2D eigenvalue weighted by Gasteiger charge is -2.17. The number of nitrogens with zero attached hydrogens (tertiary/aromatic N) is 7. The van der Waals surface area contributed by atoms with Crippen LogP contribution in [-0.4, -0.2) is 36.8 Å². The Bertz CT molecular complexity index is 740. The lowest BCUT2D eigenvalue weighted by molar-refractivity contribution is 0.628. The molecule has 3 aromatic rings. The molecule has 0 unspecified atom stereocenters. The summed E-state index contributed by atoms with van der Waals surface area (Å²) in [5, 5.41) is 3.94. The van der Waals surface area contributed by atoms with Gasteiger partial charge in [-0.25, -0.2) is 9.37 Å². The highest BCUT2D eigenvalue weighted by molar-refractivity contribution is 5.57. The number of rotatable bonds is 3. The number of halogens is 1. The summed E-state index contributed by atoms with van der Waals surface area (Å²) < 4.78 is 14.3. The molecule has 8 nitrogen and oxygen atoms in total. The number of hydrogen-bond donors (Lipinski definition) is 1. The van der Waals surface area contributed by atoms with Gasteiger partial charge in [0.25, 0.3) is 5.95 Å². The van der Waals surface area contributed by atoms with Crippen LogP contribution in [0.1, 0.15) is 0 Å². The first-order valence-corrected chi connectivity index (χ1v) is 5.99. The fourth-order valence-electron chi connectivity index (χ4n) is 1.71. The van der Waals surface area contributed by atoms with Crippen LogP contribution in [0.2, 0.25) is 0 Å². The van der Waals surface area contributed by atoms with Gasteiger partial charge in [-0.2, -0.15) is 24.7 Å². The van der Waals surface area contributed by atoms with Crippen molar-refractivity contribution in [1.82, 2.24) is 29.7 Å². The smallest absolute Gasteiger partial charge is 0.258 e. The Morgan fingerprint density at radius 1 is 1.14 bits per heavy atom. The molecule has 21 heavy (non-hydrogen) atoms. The minimum absolute atomic E-state index is 0.0551. The van der Waals surface area contributed by atoms with Crippen LogP contribution in [0.25, 0.3) is 5.95 Å². The molecular formula is C12H11FN8. The largest absolute Gasteiger partial charge is 0.368 e. The summed E-state index contributed by atoms with van der Waals surface area (Å²) in [6, 6.07) is 5.94. The molecule has 0 saturated heterocycles. The topological polar surface area (TPSA) is 98.6 Å². The van der Waals surface area contributed by atoms with Crippen molar-refractivity contribution in [2.45, 2.75) is 0 Å². The van der Waals surface area contributed by atoms with Crippen molar-refractivity contribution in [2.24, 2.45) is 0 Å². The van der Waals surface area contributed by atoms with Crippen molar-refractivity contribution in [3.63, 3.8) is 0 Å². The normalized spacial score (nSPS) is 10.6. The predicted molar refractivity (Wildman–Crippen MR) is 73.6 cm³/mol. The van der Waals surface area contributed by atoms with Gasteiger partial charge in [-0.15, -0.1) is 0 Å². The van der Waals surface area contributed by atoms with Gasteiger partial charge in [0.15, 0.2) is 0 Å². The Morgan fingerprint density at radius 2 is 1.90 bits per heavy atom. The van der Waals surface area contributed by atoms with Crippen molar-refractivity contribution >= 4 is 17.6 Å². The van der Waals surface area contributed by atoms with Gasteiger partial charge in [0, 0.05) is 12.7 Å². The number of nitrogens with two attached hydrogens (primary N) is 1. The average Bonchev–Trinajstić information content (AvgIpc) is 3.01. The van der Waals surface area contributed by atoms with Crippen molar-refractivity contribution in [3.8, 4) is 5.95 Å². The van der Waals surface area contributed by atoms with E-state index in [2.05, 4.69) is 25.0 Å². The van der Waals surface area contributed by atoms with Gasteiger partial charge in [0.05, 0.1) is 0 Å². The lowest BCUT2D eigenvalue weighted by Crippen LogP contribution is -2.17. The zero-order valence-corrected chi connectivity index (χ0v) is 11.0. The maximum atomic E-state index is 13.0. The van der Waals surface area contributed by atoms with Gasteiger partial charge in [-0.05, 0) is 24.3 Å². The van der Waals surface area contributed by atoms with Gasteiger partial charge in [0.2, 0.25) is 11.9 Å². The molecule has 0 radical (unpaired) electrons. The number of aromatic nitrogens is 6. The summed E-state index contributed by atoms with van der Waals surface area (Å²) in [5.41, 5.74) is 6.41. The molecule has 0 atom stereocenters. The third kappa shape index (κ3) is 2.61. The molecule has 2 N–H and O–H groups in total. The Balaban J connectivity index is 2.00. The van der Waals surface area contributed by atoms with Gasteiger partial charge in [-0.1, -0.05) is 0 Å². The molecule has 2 aromatic heterocycles. The van der Waals surface area contributed by atoms with E-state index in [0.717, 1.165) is 0 Å². The fourth-order valence-corrected chi connectivity index (χ4v) is 1.71. The maximum Gasteiger partial charge on any atom is 0.258 e. The van der Waals surface area contributed by atoms with Crippen LogP contribution < -0.4 is 10.6 Å². The second-order valence-electron chi connectivity index (χ2n) is 4.17.